The molecule has 0 bridgehead atoms. The predicted molar refractivity (Wildman–Crippen MR) is 117 cm³/mol. The molecule has 3 fully saturated rings. The average molecular weight is 407 g/mol. The maximum absolute atomic E-state index is 12.9. The van der Waals surface area contributed by atoms with Crippen LogP contribution in [0.1, 0.15) is 81.5 Å². The molecule has 0 aliphatic heterocycles. The summed E-state index contributed by atoms with van der Waals surface area (Å²) in [4.78, 5) is 24.8. The summed E-state index contributed by atoms with van der Waals surface area (Å²) < 4.78 is 6.23. The number of fused-ring (bicyclic) bond motifs is 5. The molecule has 4 aliphatic carbocycles. The number of esters is 1. The molecule has 30 heavy (non-hydrogen) atoms. The van der Waals surface area contributed by atoms with Gasteiger partial charge in [0.05, 0.1) is 5.56 Å². The number of rotatable bonds is 4. The Kier molecular flexibility index (Phi) is 5.33. The first-order chi connectivity index (χ1) is 14.6. The van der Waals surface area contributed by atoms with Gasteiger partial charge in [-0.3, -0.25) is 4.79 Å². The zero-order valence-corrected chi connectivity index (χ0v) is 18.1. The van der Waals surface area contributed by atoms with Crippen molar-refractivity contribution in [2.24, 2.45) is 29.1 Å². The molecule has 1 aromatic rings. The first-order valence-electron chi connectivity index (χ1n) is 12.1. The number of hydrogen-bond acceptors (Lipinski definition) is 3. The Labute approximate surface area is 180 Å². The Morgan fingerprint density at radius 1 is 1.03 bits per heavy atom. The average Bonchev–Trinajstić information content (AvgIpc) is 3.12. The molecule has 3 heteroatoms. The van der Waals surface area contributed by atoms with Crippen LogP contribution in [0.25, 0.3) is 0 Å². The molecule has 0 heterocycles. The molecular formula is C27H34O3. The van der Waals surface area contributed by atoms with Gasteiger partial charge in [-0.2, -0.15) is 0 Å². The molecule has 5 rings (SSSR count). The Balaban J connectivity index is 1.38. The van der Waals surface area contributed by atoms with E-state index < -0.39 is 0 Å². The van der Waals surface area contributed by atoms with Gasteiger partial charge in [0.1, 0.15) is 6.10 Å². The SMILES string of the molecule is CCC[C@]12CC[C@H]3[C@@H](CCC4=CC(=O)CC[C@@H]43)[C@@H]1CC[C@@H]2OC(=O)c1ccccc1. The van der Waals surface area contributed by atoms with Crippen LogP contribution in [-0.2, 0) is 9.53 Å². The topological polar surface area (TPSA) is 43.4 Å². The highest BCUT2D eigenvalue weighted by atomic mass is 16.5. The lowest BCUT2D eigenvalue weighted by atomic mass is 9.51. The minimum atomic E-state index is -0.154. The fourth-order valence-electron chi connectivity index (χ4n) is 7.83. The summed E-state index contributed by atoms with van der Waals surface area (Å²) in [7, 11) is 0. The van der Waals surface area contributed by atoms with Gasteiger partial charge in [-0.25, -0.2) is 4.79 Å². The van der Waals surface area contributed by atoms with E-state index in [1.165, 1.54) is 37.7 Å². The Hall–Kier alpha value is -1.90. The number of ketones is 1. The van der Waals surface area contributed by atoms with Crippen molar-refractivity contribution in [2.75, 3.05) is 0 Å². The summed E-state index contributed by atoms with van der Waals surface area (Å²) in [6.07, 6.45) is 13.1. The lowest BCUT2D eigenvalue weighted by molar-refractivity contribution is -0.116. The highest BCUT2D eigenvalue weighted by molar-refractivity contribution is 5.91. The molecule has 0 amide bonds. The van der Waals surface area contributed by atoms with Gasteiger partial charge in [-0.15, -0.1) is 0 Å². The van der Waals surface area contributed by atoms with Crippen molar-refractivity contribution in [2.45, 2.75) is 77.2 Å². The zero-order valence-electron chi connectivity index (χ0n) is 18.1. The van der Waals surface area contributed by atoms with Crippen molar-refractivity contribution < 1.29 is 14.3 Å². The van der Waals surface area contributed by atoms with Crippen molar-refractivity contribution in [3.63, 3.8) is 0 Å². The Bertz CT molecular complexity index is 841. The molecular weight excluding hydrogens is 372 g/mol. The van der Waals surface area contributed by atoms with E-state index in [1.54, 1.807) is 0 Å². The smallest absolute Gasteiger partial charge is 0.338 e. The summed E-state index contributed by atoms with van der Waals surface area (Å²) in [6.45, 7) is 2.28. The highest BCUT2D eigenvalue weighted by Crippen LogP contribution is 2.64. The third-order valence-corrected chi connectivity index (χ3v) is 8.91. The van der Waals surface area contributed by atoms with Gasteiger partial charge >= 0.3 is 5.97 Å². The molecule has 160 valence electrons. The third kappa shape index (κ3) is 3.25. The van der Waals surface area contributed by atoms with Gasteiger partial charge in [0.15, 0.2) is 5.78 Å². The molecule has 0 unspecified atom stereocenters. The Morgan fingerprint density at radius 3 is 2.67 bits per heavy atom. The fourth-order valence-corrected chi connectivity index (χ4v) is 7.83. The van der Waals surface area contributed by atoms with Gasteiger partial charge in [0, 0.05) is 11.8 Å². The minimum Gasteiger partial charge on any atom is -0.458 e. The van der Waals surface area contributed by atoms with Crippen molar-refractivity contribution >= 4 is 11.8 Å². The van der Waals surface area contributed by atoms with Crippen molar-refractivity contribution in [1.82, 2.24) is 0 Å². The summed E-state index contributed by atoms with van der Waals surface area (Å²) in [5.41, 5.74) is 2.27. The molecule has 6 atom stereocenters. The molecule has 0 saturated heterocycles. The fraction of sp³-hybridized carbons (Fsp3) is 0.630. The zero-order chi connectivity index (χ0) is 20.7. The van der Waals surface area contributed by atoms with Gasteiger partial charge in [0.25, 0.3) is 0 Å². The maximum Gasteiger partial charge on any atom is 0.338 e. The quantitative estimate of drug-likeness (QED) is 0.565. The second-order valence-electron chi connectivity index (χ2n) is 10.2. The molecule has 3 nitrogen and oxygen atoms in total. The lowest BCUT2D eigenvalue weighted by Gasteiger charge is -2.54. The number of allylic oxidation sites excluding steroid dienone is 1. The predicted octanol–water partition coefficient (Wildman–Crippen LogP) is 6.13. The first-order valence-corrected chi connectivity index (χ1v) is 12.1. The van der Waals surface area contributed by atoms with E-state index in [-0.39, 0.29) is 17.5 Å². The summed E-state index contributed by atoms with van der Waals surface area (Å²) in [6, 6.07) is 9.47. The largest absolute Gasteiger partial charge is 0.458 e. The summed E-state index contributed by atoms with van der Waals surface area (Å²) in [5.74, 6) is 2.96. The standard InChI is InChI=1S/C27H34O3/c1-2-15-27-16-14-22-21-11-9-20(28)17-19(21)8-10-23(22)24(27)12-13-25(27)30-26(29)18-6-4-3-5-7-18/h3-7,17,21-25H,2,8-16H2,1H3/t21-,22+,23+,24-,25-,27-/m0/s1. The molecule has 4 aliphatic rings. The number of carbonyl (C=O) groups is 2. The van der Waals surface area contributed by atoms with E-state index in [0.29, 0.717) is 23.2 Å². The van der Waals surface area contributed by atoms with E-state index >= 15 is 0 Å². The first kappa shape index (κ1) is 20.0. The van der Waals surface area contributed by atoms with Crippen LogP contribution in [-0.4, -0.2) is 17.9 Å². The van der Waals surface area contributed by atoms with Crippen molar-refractivity contribution in [3.05, 3.63) is 47.5 Å². The summed E-state index contributed by atoms with van der Waals surface area (Å²) in [5, 5.41) is 0. The number of hydrogen-bond donors (Lipinski definition) is 0. The van der Waals surface area contributed by atoms with Crippen LogP contribution in [0.3, 0.4) is 0 Å². The van der Waals surface area contributed by atoms with Gasteiger partial charge in [-0.1, -0.05) is 37.1 Å². The number of carbonyl (C=O) groups excluding carboxylic acids is 2. The van der Waals surface area contributed by atoms with Crippen LogP contribution < -0.4 is 0 Å². The number of benzene rings is 1. The summed E-state index contributed by atoms with van der Waals surface area (Å²) >= 11 is 0. The lowest BCUT2D eigenvalue weighted by Crippen LogP contribution is -2.49. The van der Waals surface area contributed by atoms with E-state index in [1.807, 2.05) is 36.4 Å². The van der Waals surface area contributed by atoms with Crippen LogP contribution in [0.15, 0.2) is 42.0 Å². The maximum atomic E-state index is 12.9. The van der Waals surface area contributed by atoms with Crippen LogP contribution in [0.4, 0.5) is 0 Å². The van der Waals surface area contributed by atoms with Gasteiger partial charge < -0.3 is 4.74 Å². The monoisotopic (exact) mass is 406 g/mol. The van der Waals surface area contributed by atoms with Crippen molar-refractivity contribution in [1.29, 1.82) is 0 Å². The van der Waals surface area contributed by atoms with E-state index in [4.69, 9.17) is 4.74 Å². The van der Waals surface area contributed by atoms with Crippen LogP contribution in [0.2, 0.25) is 0 Å². The normalized spacial score (nSPS) is 37.6. The second-order valence-corrected chi connectivity index (χ2v) is 10.2. The van der Waals surface area contributed by atoms with Crippen LogP contribution in [0, 0.1) is 29.1 Å². The molecule has 0 spiro atoms. The van der Waals surface area contributed by atoms with E-state index in [2.05, 4.69) is 6.92 Å². The van der Waals surface area contributed by atoms with Gasteiger partial charge in [0.2, 0.25) is 0 Å². The van der Waals surface area contributed by atoms with Crippen molar-refractivity contribution in [3.8, 4) is 0 Å². The van der Waals surface area contributed by atoms with Crippen LogP contribution >= 0.6 is 0 Å². The molecule has 1 aromatic carbocycles. The van der Waals surface area contributed by atoms with Crippen LogP contribution in [0.5, 0.6) is 0 Å². The van der Waals surface area contributed by atoms with E-state index in [0.717, 1.165) is 43.9 Å². The molecule has 0 aromatic heterocycles. The molecule has 3 saturated carbocycles. The number of ether oxygens (including phenoxy) is 1. The van der Waals surface area contributed by atoms with Gasteiger partial charge in [-0.05, 0) is 93.2 Å². The molecule has 0 N–H and O–H groups in total. The second kappa shape index (κ2) is 7.98. The Morgan fingerprint density at radius 2 is 1.87 bits per heavy atom. The molecule has 0 radical (unpaired) electrons. The third-order valence-electron chi connectivity index (χ3n) is 8.91. The highest BCUT2D eigenvalue weighted by Gasteiger charge is 2.59. The minimum absolute atomic E-state index is 0.0565. The van der Waals surface area contributed by atoms with E-state index in [9.17, 15) is 9.59 Å².